The molecule has 0 amide bonds. The summed E-state index contributed by atoms with van der Waals surface area (Å²) in [6.45, 7) is 4.24. The van der Waals surface area contributed by atoms with Crippen molar-refractivity contribution in [2.45, 2.75) is 19.9 Å². The number of fused-ring (bicyclic) bond motifs is 1. The Bertz CT molecular complexity index is 770. The molecule has 1 aliphatic heterocycles. The number of nitrogens with zero attached hydrogens (tertiary/aromatic N) is 3. The van der Waals surface area contributed by atoms with Crippen molar-refractivity contribution in [3.63, 3.8) is 0 Å². The van der Waals surface area contributed by atoms with Gasteiger partial charge in [0.15, 0.2) is 0 Å². The number of anilines is 1. The van der Waals surface area contributed by atoms with E-state index < -0.39 is 12.0 Å². The van der Waals surface area contributed by atoms with Gasteiger partial charge in [0, 0.05) is 5.02 Å². The molecule has 2 aromatic rings. The molecule has 3 rings (SSSR count). The average molecular weight is 349 g/mol. The number of rotatable bonds is 5. The number of aromatic nitrogens is 3. The predicted molar refractivity (Wildman–Crippen MR) is 89.3 cm³/mol. The first kappa shape index (κ1) is 16.3. The van der Waals surface area contributed by atoms with Crippen LogP contribution in [0.15, 0.2) is 36.2 Å². The van der Waals surface area contributed by atoms with E-state index in [2.05, 4.69) is 15.4 Å². The van der Waals surface area contributed by atoms with Crippen molar-refractivity contribution >= 4 is 29.4 Å². The second-order valence-electron chi connectivity index (χ2n) is 5.00. The molecule has 0 bridgehead atoms. The number of benzene rings is 1. The van der Waals surface area contributed by atoms with Crippen LogP contribution in [0.2, 0.25) is 5.02 Å². The fourth-order valence-corrected chi connectivity index (χ4v) is 2.65. The molecule has 126 valence electrons. The molecule has 0 spiro atoms. The monoisotopic (exact) mass is 348 g/mol. The van der Waals surface area contributed by atoms with E-state index in [9.17, 15) is 4.79 Å². The van der Waals surface area contributed by atoms with E-state index in [1.807, 2.05) is 19.1 Å². The SMILES string of the molecule is CCOC(=O)C1=C(OCC)n2ncnc2NC1c1ccc(Cl)cc1. The summed E-state index contributed by atoms with van der Waals surface area (Å²) in [4.78, 5) is 16.7. The Kier molecular flexibility index (Phi) is 4.71. The molecule has 1 unspecified atom stereocenters. The van der Waals surface area contributed by atoms with Crippen molar-refractivity contribution in [1.82, 2.24) is 14.8 Å². The first-order chi connectivity index (χ1) is 11.7. The lowest BCUT2D eigenvalue weighted by atomic mass is 9.98. The smallest absolute Gasteiger partial charge is 0.341 e. The van der Waals surface area contributed by atoms with E-state index in [-0.39, 0.29) is 6.61 Å². The highest BCUT2D eigenvalue weighted by Crippen LogP contribution is 2.36. The fraction of sp³-hybridized carbons (Fsp3) is 0.312. The largest absolute Gasteiger partial charge is 0.477 e. The van der Waals surface area contributed by atoms with Gasteiger partial charge in [-0.15, -0.1) is 0 Å². The number of carbonyl (C=O) groups is 1. The molecule has 1 atom stereocenters. The summed E-state index contributed by atoms with van der Waals surface area (Å²) in [5.41, 5.74) is 1.19. The molecule has 1 N–H and O–H groups in total. The van der Waals surface area contributed by atoms with Gasteiger partial charge in [-0.25, -0.2) is 4.79 Å². The van der Waals surface area contributed by atoms with E-state index >= 15 is 0 Å². The molecule has 24 heavy (non-hydrogen) atoms. The lowest BCUT2D eigenvalue weighted by Gasteiger charge is -2.28. The predicted octanol–water partition coefficient (Wildman–Crippen LogP) is 2.87. The van der Waals surface area contributed by atoms with Gasteiger partial charge < -0.3 is 14.8 Å². The molecule has 0 saturated carbocycles. The first-order valence-corrected chi connectivity index (χ1v) is 8.00. The zero-order valence-electron chi connectivity index (χ0n) is 13.3. The number of halogens is 1. The van der Waals surface area contributed by atoms with Crippen LogP contribution in [0.25, 0.3) is 5.88 Å². The second kappa shape index (κ2) is 6.92. The Labute approximate surface area is 144 Å². The highest BCUT2D eigenvalue weighted by molar-refractivity contribution is 6.30. The van der Waals surface area contributed by atoms with Gasteiger partial charge in [0.25, 0.3) is 0 Å². The van der Waals surface area contributed by atoms with Crippen LogP contribution >= 0.6 is 11.6 Å². The highest BCUT2D eigenvalue weighted by atomic mass is 35.5. The normalized spacial score (nSPS) is 16.4. The molecule has 0 aliphatic carbocycles. The molecule has 1 aromatic heterocycles. The van der Waals surface area contributed by atoms with Crippen molar-refractivity contribution < 1.29 is 14.3 Å². The minimum absolute atomic E-state index is 0.263. The third-order valence-corrected chi connectivity index (χ3v) is 3.76. The van der Waals surface area contributed by atoms with Gasteiger partial charge in [-0.3, -0.25) is 0 Å². The summed E-state index contributed by atoms with van der Waals surface area (Å²) in [6.07, 6.45) is 1.40. The van der Waals surface area contributed by atoms with Gasteiger partial charge in [-0.05, 0) is 31.5 Å². The zero-order valence-corrected chi connectivity index (χ0v) is 14.1. The van der Waals surface area contributed by atoms with E-state index in [4.69, 9.17) is 21.1 Å². The van der Waals surface area contributed by atoms with Gasteiger partial charge in [-0.1, -0.05) is 23.7 Å². The molecular formula is C16H17ClN4O3. The summed E-state index contributed by atoms with van der Waals surface area (Å²) in [5, 5.41) is 7.94. The Hall–Kier alpha value is -2.54. The Morgan fingerprint density at radius 2 is 2.04 bits per heavy atom. The minimum atomic E-state index is -0.473. The Morgan fingerprint density at radius 3 is 2.71 bits per heavy atom. The van der Waals surface area contributed by atoms with Crippen LogP contribution in [0, 0.1) is 0 Å². The fourth-order valence-electron chi connectivity index (χ4n) is 2.52. The topological polar surface area (TPSA) is 78.3 Å². The molecule has 7 nitrogen and oxygen atoms in total. The zero-order chi connectivity index (χ0) is 17.1. The van der Waals surface area contributed by atoms with Crippen molar-refractivity contribution in [1.29, 1.82) is 0 Å². The molecular weight excluding hydrogens is 332 g/mol. The summed E-state index contributed by atoms with van der Waals surface area (Å²) >= 11 is 5.97. The molecule has 0 saturated heterocycles. The van der Waals surface area contributed by atoms with Gasteiger partial charge in [-0.2, -0.15) is 14.8 Å². The van der Waals surface area contributed by atoms with Crippen molar-refractivity contribution in [3.05, 3.63) is 46.8 Å². The quantitative estimate of drug-likeness (QED) is 0.837. The molecule has 8 heteroatoms. The minimum Gasteiger partial charge on any atom is -0.477 e. The van der Waals surface area contributed by atoms with E-state index in [1.165, 1.54) is 11.0 Å². The van der Waals surface area contributed by atoms with Crippen LogP contribution in [0.4, 0.5) is 5.95 Å². The van der Waals surface area contributed by atoms with Crippen LogP contribution in [0.3, 0.4) is 0 Å². The summed E-state index contributed by atoms with van der Waals surface area (Å²) < 4.78 is 12.4. The maximum atomic E-state index is 12.6. The third kappa shape index (κ3) is 2.94. The summed E-state index contributed by atoms with van der Waals surface area (Å²) in [5.74, 6) is 0.350. The number of esters is 1. The van der Waals surface area contributed by atoms with Crippen LogP contribution in [-0.4, -0.2) is 33.9 Å². The first-order valence-electron chi connectivity index (χ1n) is 7.62. The second-order valence-corrected chi connectivity index (χ2v) is 5.43. The van der Waals surface area contributed by atoms with Crippen LogP contribution in [-0.2, 0) is 14.3 Å². The summed E-state index contributed by atoms with van der Waals surface area (Å²) in [6, 6.07) is 6.74. The number of hydrogen-bond acceptors (Lipinski definition) is 6. The maximum Gasteiger partial charge on any atom is 0.341 e. The van der Waals surface area contributed by atoms with E-state index in [1.54, 1.807) is 19.1 Å². The van der Waals surface area contributed by atoms with Gasteiger partial charge >= 0.3 is 5.97 Å². The van der Waals surface area contributed by atoms with Crippen molar-refractivity contribution in [2.24, 2.45) is 0 Å². The average Bonchev–Trinajstić information content (AvgIpc) is 3.04. The maximum absolute atomic E-state index is 12.6. The van der Waals surface area contributed by atoms with Crippen LogP contribution in [0.1, 0.15) is 25.5 Å². The number of carbonyl (C=O) groups excluding carboxylic acids is 1. The third-order valence-electron chi connectivity index (χ3n) is 3.51. The molecule has 2 heterocycles. The number of nitrogens with one attached hydrogen (secondary N) is 1. The Balaban J connectivity index is 2.14. The summed E-state index contributed by atoms with van der Waals surface area (Å²) in [7, 11) is 0. The van der Waals surface area contributed by atoms with Crippen molar-refractivity contribution in [3.8, 4) is 0 Å². The van der Waals surface area contributed by atoms with E-state index in [0.717, 1.165) is 5.56 Å². The molecule has 0 fully saturated rings. The van der Waals surface area contributed by atoms with E-state index in [0.29, 0.717) is 29.0 Å². The van der Waals surface area contributed by atoms with Crippen LogP contribution < -0.4 is 5.32 Å². The van der Waals surface area contributed by atoms with Gasteiger partial charge in [0.2, 0.25) is 11.8 Å². The standard InChI is InChI=1S/C16H17ClN4O3/c1-3-23-14-12(15(22)24-4-2)13(10-5-7-11(17)8-6-10)20-16-18-9-19-21(14)16/h5-9,13H,3-4H2,1-2H3,(H,18,19,20). The lowest BCUT2D eigenvalue weighted by molar-refractivity contribution is -0.138. The van der Waals surface area contributed by atoms with Crippen LogP contribution in [0.5, 0.6) is 0 Å². The van der Waals surface area contributed by atoms with Gasteiger partial charge in [0.05, 0.1) is 19.3 Å². The molecule has 0 radical (unpaired) electrons. The molecule has 1 aromatic carbocycles. The Morgan fingerprint density at radius 1 is 1.29 bits per heavy atom. The number of hydrogen-bond donors (Lipinski definition) is 1. The van der Waals surface area contributed by atoms with Gasteiger partial charge in [0.1, 0.15) is 11.9 Å². The highest BCUT2D eigenvalue weighted by Gasteiger charge is 2.36. The van der Waals surface area contributed by atoms with Crippen molar-refractivity contribution in [2.75, 3.05) is 18.5 Å². The number of ether oxygens (including phenoxy) is 2. The lowest BCUT2D eigenvalue weighted by Crippen LogP contribution is -2.30. The molecule has 1 aliphatic rings.